The molecule has 4 heteroatoms. The average molecular weight is 281 g/mol. The van der Waals surface area contributed by atoms with Gasteiger partial charge in [0.2, 0.25) is 5.91 Å². The standard InChI is InChI=1S/C15H20N2O.ClH/c16-15(7-8-15)14(18)17-9-6-13(11-17)10-12-4-2-1-3-5-12;/h1-5,13H,6-11,16H2;1H. The topological polar surface area (TPSA) is 46.3 Å². The zero-order chi connectivity index (χ0) is 12.6. The molecule has 2 fully saturated rings. The summed E-state index contributed by atoms with van der Waals surface area (Å²) >= 11 is 0. The molecule has 2 aliphatic rings. The maximum Gasteiger partial charge on any atom is 0.242 e. The van der Waals surface area contributed by atoms with Crippen molar-refractivity contribution in [2.45, 2.75) is 31.2 Å². The molecule has 1 heterocycles. The van der Waals surface area contributed by atoms with E-state index in [1.807, 2.05) is 11.0 Å². The summed E-state index contributed by atoms with van der Waals surface area (Å²) in [6, 6.07) is 10.5. The third kappa shape index (κ3) is 3.10. The first-order valence-corrected chi connectivity index (χ1v) is 6.79. The van der Waals surface area contributed by atoms with Crippen molar-refractivity contribution in [3.8, 4) is 0 Å². The zero-order valence-corrected chi connectivity index (χ0v) is 11.9. The number of rotatable bonds is 3. The quantitative estimate of drug-likeness (QED) is 0.920. The second kappa shape index (κ2) is 5.51. The molecule has 0 radical (unpaired) electrons. The highest BCUT2D eigenvalue weighted by atomic mass is 35.5. The fourth-order valence-corrected chi connectivity index (χ4v) is 2.79. The number of benzene rings is 1. The van der Waals surface area contributed by atoms with Crippen LogP contribution in [0.2, 0.25) is 0 Å². The predicted octanol–water partition coefficient (Wildman–Crippen LogP) is 1.99. The molecule has 1 saturated carbocycles. The zero-order valence-electron chi connectivity index (χ0n) is 11.0. The van der Waals surface area contributed by atoms with Crippen molar-refractivity contribution in [3.05, 3.63) is 35.9 Å². The Hall–Kier alpha value is -1.06. The number of hydrogen-bond donors (Lipinski definition) is 1. The Kier molecular flexibility index (Phi) is 4.16. The smallest absolute Gasteiger partial charge is 0.242 e. The Bertz CT molecular complexity index is 445. The molecule has 3 rings (SSSR count). The van der Waals surface area contributed by atoms with Gasteiger partial charge in [-0.1, -0.05) is 30.3 Å². The minimum Gasteiger partial charge on any atom is -0.341 e. The number of nitrogens with zero attached hydrogens (tertiary/aromatic N) is 1. The lowest BCUT2D eigenvalue weighted by atomic mass is 9.99. The molecule has 1 atom stereocenters. The Balaban J connectivity index is 0.00000133. The molecule has 1 saturated heterocycles. The monoisotopic (exact) mass is 280 g/mol. The largest absolute Gasteiger partial charge is 0.341 e. The summed E-state index contributed by atoms with van der Waals surface area (Å²) in [5.74, 6) is 0.775. The van der Waals surface area contributed by atoms with Crippen LogP contribution in [0, 0.1) is 5.92 Å². The van der Waals surface area contributed by atoms with Crippen molar-refractivity contribution in [2.75, 3.05) is 13.1 Å². The van der Waals surface area contributed by atoms with Crippen LogP contribution in [0.25, 0.3) is 0 Å². The molecule has 0 bridgehead atoms. The lowest BCUT2D eigenvalue weighted by molar-refractivity contribution is -0.132. The van der Waals surface area contributed by atoms with E-state index < -0.39 is 5.54 Å². The van der Waals surface area contributed by atoms with Crippen LogP contribution in [0.1, 0.15) is 24.8 Å². The van der Waals surface area contributed by atoms with Gasteiger partial charge >= 0.3 is 0 Å². The van der Waals surface area contributed by atoms with E-state index in [9.17, 15) is 4.79 Å². The van der Waals surface area contributed by atoms with E-state index in [2.05, 4.69) is 24.3 Å². The van der Waals surface area contributed by atoms with Gasteiger partial charge in [-0.3, -0.25) is 4.79 Å². The molecular weight excluding hydrogens is 260 g/mol. The maximum absolute atomic E-state index is 12.1. The van der Waals surface area contributed by atoms with Gasteiger partial charge in [0.25, 0.3) is 0 Å². The number of hydrogen-bond acceptors (Lipinski definition) is 2. The van der Waals surface area contributed by atoms with Gasteiger partial charge in [0.05, 0.1) is 5.54 Å². The van der Waals surface area contributed by atoms with Gasteiger partial charge < -0.3 is 10.6 Å². The molecule has 1 aliphatic carbocycles. The number of carbonyl (C=O) groups excluding carboxylic acids is 1. The Labute approximate surface area is 120 Å². The lowest BCUT2D eigenvalue weighted by Crippen LogP contribution is -2.44. The lowest BCUT2D eigenvalue weighted by Gasteiger charge is -2.20. The number of nitrogens with two attached hydrogens (primary N) is 1. The minimum atomic E-state index is -0.498. The van der Waals surface area contributed by atoms with Crippen LogP contribution in [0.15, 0.2) is 30.3 Å². The van der Waals surface area contributed by atoms with Gasteiger partial charge in [-0.25, -0.2) is 0 Å². The van der Waals surface area contributed by atoms with Crippen LogP contribution in [0.4, 0.5) is 0 Å². The highest BCUT2D eigenvalue weighted by Gasteiger charge is 2.49. The molecule has 0 aromatic heterocycles. The van der Waals surface area contributed by atoms with Crippen molar-refractivity contribution >= 4 is 18.3 Å². The van der Waals surface area contributed by atoms with Gasteiger partial charge in [-0.05, 0) is 37.2 Å². The summed E-state index contributed by atoms with van der Waals surface area (Å²) in [5, 5.41) is 0. The van der Waals surface area contributed by atoms with Crippen molar-refractivity contribution in [3.63, 3.8) is 0 Å². The van der Waals surface area contributed by atoms with E-state index >= 15 is 0 Å². The van der Waals surface area contributed by atoms with Crippen LogP contribution in [0.5, 0.6) is 0 Å². The van der Waals surface area contributed by atoms with Crippen LogP contribution in [-0.2, 0) is 11.2 Å². The molecular formula is C15H21ClN2O. The Morgan fingerprint density at radius 1 is 1.32 bits per heavy atom. The van der Waals surface area contributed by atoms with Crippen molar-refractivity contribution < 1.29 is 4.79 Å². The first-order chi connectivity index (χ1) is 8.67. The summed E-state index contributed by atoms with van der Waals surface area (Å²) < 4.78 is 0. The van der Waals surface area contributed by atoms with Crippen molar-refractivity contribution in [1.82, 2.24) is 4.90 Å². The molecule has 19 heavy (non-hydrogen) atoms. The van der Waals surface area contributed by atoms with Crippen LogP contribution in [-0.4, -0.2) is 29.4 Å². The van der Waals surface area contributed by atoms with Gasteiger partial charge in [0.1, 0.15) is 0 Å². The number of likely N-dealkylation sites (tertiary alicyclic amines) is 1. The Morgan fingerprint density at radius 3 is 2.63 bits per heavy atom. The van der Waals surface area contributed by atoms with Crippen molar-refractivity contribution in [2.24, 2.45) is 11.7 Å². The number of halogens is 1. The SMILES string of the molecule is Cl.NC1(C(=O)N2CCC(Cc3ccccc3)C2)CC1. The normalized spacial score (nSPS) is 23.8. The molecule has 2 N–H and O–H groups in total. The molecule has 1 aromatic rings. The highest BCUT2D eigenvalue weighted by Crippen LogP contribution is 2.35. The summed E-state index contributed by atoms with van der Waals surface area (Å²) in [5.41, 5.74) is 6.84. The fourth-order valence-electron chi connectivity index (χ4n) is 2.79. The third-order valence-corrected chi connectivity index (χ3v) is 4.15. The van der Waals surface area contributed by atoms with Crippen LogP contribution >= 0.6 is 12.4 Å². The van der Waals surface area contributed by atoms with E-state index in [0.29, 0.717) is 5.92 Å². The molecule has 104 valence electrons. The molecule has 0 spiro atoms. The minimum absolute atomic E-state index is 0. The van der Waals surface area contributed by atoms with E-state index in [0.717, 1.165) is 38.8 Å². The van der Waals surface area contributed by atoms with Gasteiger partial charge in [0, 0.05) is 13.1 Å². The van der Waals surface area contributed by atoms with E-state index in [4.69, 9.17) is 5.73 Å². The molecule has 1 aliphatic heterocycles. The van der Waals surface area contributed by atoms with Gasteiger partial charge in [-0.2, -0.15) is 0 Å². The summed E-state index contributed by atoms with van der Waals surface area (Å²) in [6.45, 7) is 1.77. The fraction of sp³-hybridized carbons (Fsp3) is 0.533. The summed E-state index contributed by atoms with van der Waals surface area (Å²) in [6.07, 6.45) is 3.91. The predicted molar refractivity (Wildman–Crippen MR) is 78.2 cm³/mol. The average Bonchev–Trinajstić information content (AvgIpc) is 2.97. The summed E-state index contributed by atoms with van der Waals surface area (Å²) in [4.78, 5) is 14.1. The summed E-state index contributed by atoms with van der Waals surface area (Å²) in [7, 11) is 0. The van der Waals surface area contributed by atoms with E-state index in [1.165, 1.54) is 5.56 Å². The van der Waals surface area contributed by atoms with Crippen LogP contribution in [0.3, 0.4) is 0 Å². The first kappa shape index (κ1) is 14.4. The van der Waals surface area contributed by atoms with E-state index in [1.54, 1.807) is 0 Å². The molecule has 1 amide bonds. The van der Waals surface area contributed by atoms with Gasteiger partial charge in [-0.15, -0.1) is 12.4 Å². The van der Waals surface area contributed by atoms with E-state index in [-0.39, 0.29) is 18.3 Å². The highest BCUT2D eigenvalue weighted by molar-refractivity contribution is 5.89. The molecule has 1 aromatic carbocycles. The third-order valence-electron chi connectivity index (χ3n) is 4.15. The number of amides is 1. The van der Waals surface area contributed by atoms with Crippen molar-refractivity contribution in [1.29, 1.82) is 0 Å². The first-order valence-electron chi connectivity index (χ1n) is 6.79. The molecule has 1 unspecified atom stereocenters. The van der Waals surface area contributed by atoms with Crippen LogP contribution < -0.4 is 5.73 Å². The van der Waals surface area contributed by atoms with Gasteiger partial charge in [0.15, 0.2) is 0 Å². The number of carbonyl (C=O) groups is 1. The maximum atomic E-state index is 12.1. The second-order valence-corrected chi connectivity index (χ2v) is 5.75. The Morgan fingerprint density at radius 2 is 2.00 bits per heavy atom. The second-order valence-electron chi connectivity index (χ2n) is 5.75. The molecule has 3 nitrogen and oxygen atoms in total.